The number of carbonyl (C=O) groups is 1. The molecule has 1 aromatic heterocycles. The molecule has 3 heterocycles. The van der Waals surface area contributed by atoms with Crippen LogP contribution in [0.3, 0.4) is 0 Å². The lowest BCUT2D eigenvalue weighted by Gasteiger charge is -2.39. The van der Waals surface area contributed by atoms with Crippen LogP contribution in [0.5, 0.6) is 0 Å². The first-order valence-electron chi connectivity index (χ1n) is 11.1. The Labute approximate surface area is 190 Å². The molecule has 0 bridgehead atoms. The van der Waals surface area contributed by atoms with Crippen LogP contribution in [0.15, 0.2) is 40.5 Å². The number of carbonyl (C=O) groups excluding carboxylic acids is 1. The van der Waals surface area contributed by atoms with Gasteiger partial charge in [0.1, 0.15) is 0 Å². The second kappa shape index (κ2) is 7.03. The molecule has 2 aliphatic heterocycles. The maximum absolute atomic E-state index is 13.9. The Morgan fingerprint density at radius 1 is 1.33 bits per heavy atom. The summed E-state index contributed by atoms with van der Waals surface area (Å²) in [6.45, 7) is -1.65. The molecule has 0 unspecified atom stereocenters. The lowest BCUT2D eigenvalue weighted by molar-refractivity contribution is -0.142. The predicted molar refractivity (Wildman–Crippen MR) is 112 cm³/mol. The Kier molecular flexibility index (Phi) is 4.16. The normalized spacial score (nSPS) is 23.0. The number of amides is 1. The molecule has 1 atom stereocenters. The highest BCUT2D eigenvalue weighted by Gasteiger charge is 2.53. The third kappa shape index (κ3) is 3.78. The molecule has 1 aromatic carbocycles. The minimum absolute atomic E-state index is 0.0815. The van der Waals surface area contributed by atoms with Crippen LogP contribution in [0.4, 0.5) is 18.9 Å². The number of hydrogen-bond donors (Lipinski definition) is 1. The number of halogens is 3. The summed E-state index contributed by atoms with van der Waals surface area (Å²) < 4.78 is 88.6. The predicted octanol–water partition coefficient (Wildman–Crippen LogP) is 2.01. The zero-order valence-corrected chi connectivity index (χ0v) is 18.4. The van der Waals surface area contributed by atoms with Gasteiger partial charge in [-0.3, -0.25) is 19.3 Å². The number of alkyl halides is 3. The van der Waals surface area contributed by atoms with Crippen molar-refractivity contribution in [3.63, 3.8) is 0 Å². The van der Waals surface area contributed by atoms with Gasteiger partial charge >= 0.3 is 6.18 Å². The molecule has 3 aliphatic rings. The first kappa shape index (κ1) is 19.5. The number of fused-ring (bicyclic) bond motifs is 3. The van der Waals surface area contributed by atoms with Gasteiger partial charge < -0.3 is 0 Å². The van der Waals surface area contributed by atoms with Gasteiger partial charge in [0.05, 0.1) is 38.1 Å². The van der Waals surface area contributed by atoms with E-state index < -0.39 is 52.7 Å². The highest BCUT2D eigenvalue weighted by molar-refractivity contribution is 7.89. The van der Waals surface area contributed by atoms with Gasteiger partial charge in [-0.15, -0.1) is 0 Å². The molecule has 1 N–H and O–H groups in total. The fraction of sp³-hybridized carbons (Fsp3) is 0.450. The molecule has 33 heavy (non-hydrogen) atoms. The third-order valence-electron chi connectivity index (χ3n) is 5.81. The van der Waals surface area contributed by atoms with Gasteiger partial charge in [-0.25, -0.2) is 18.1 Å². The number of nitrogens with zero attached hydrogens (tertiary/aromatic N) is 5. The van der Waals surface area contributed by atoms with Crippen molar-refractivity contribution in [2.24, 2.45) is 12.0 Å². The first-order chi connectivity index (χ1) is 16.1. The summed E-state index contributed by atoms with van der Waals surface area (Å²) >= 11 is 0. The Morgan fingerprint density at radius 2 is 2.06 bits per heavy atom. The van der Waals surface area contributed by atoms with Crippen LogP contribution in [-0.4, -0.2) is 59.3 Å². The number of hydrogen-bond acceptors (Lipinski definition) is 6. The van der Waals surface area contributed by atoms with Crippen LogP contribution in [0.1, 0.15) is 38.4 Å². The van der Waals surface area contributed by atoms with Crippen molar-refractivity contribution in [3.05, 3.63) is 41.7 Å². The van der Waals surface area contributed by atoms with Gasteiger partial charge in [0.25, 0.3) is 5.91 Å². The number of aromatic nitrogens is 2. The third-order valence-corrected chi connectivity index (χ3v) is 7.44. The number of nitrogens with one attached hydrogen (secondary N) is 1. The quantitative estimate of drug-likeness (QED) is 0.700. The van der Waals surface area contributed by atoms with Crippen molar-refractivity contribution < 1.29 is 29.1 Å². The summed E-state index contributed by atoms with van der Waals surface area (Å²) in [4.78, 5) is 18.4. The van der Waals surface area contributed by atoms with E-state index in [1.54, 1.807) is 6.92 Å². The molecule has 1 amide bonds. The van der Waals surface area contributed by atoms with Crippen molar-refractivity contribution in [2.45, 2.75) is 48.9 Å². The van der Waals surface area contributed by atoms with Crippen LogP contribution in [0.2, 0.25) is 0 Å². The molecule has 1 fully saturated rings. The molecule has 0 spiro atoms. The van der Waals surface area contributed by atoms with E-state index in [0.717, 1.165) is 29.3 Å². The fourth-order valence-electron chi connectivity index (χ4n) is 3.83. The SMILES string of the molecule is [2H]C([2H])(c1cnn(C)c1)N1C(=O)c2cc(S(=O)(=O)NC3(C)CC3)ccc2N2C1=NC[C@H]2C(F)(F)F. The van der Waals surface area contributed by atoms with Crippen molar-refractivity contribution in [1.29, 1.82) is 0 Å². The molecular weight excluding hydrogens is 461 g/mol. The number of aliphatic imine (C=N–C) groups is 1. The molecule has 1 aliphatic carbocycles. The van der Waals surface area contributed by atoms with E-state index in [2.05, 4.69) is 14.8 Å². The van der Waals surface area contributed by atoms with E-state index in [1.807, 2.05) is 0 Å². The van der Waals surface area contributed by atoms with Gasteiger partial charge in [-0.2, -0.15) is 18.3 Å². The summed E-state index contributed by atoms with van der Waals surface area (Å²) in [5.74, 6) is -1.51. The largest absolute Gasteiger partial charge is 0.411 e. The van der Waals surface area contributed by atoms with E-state index in [4.69, 9.17) is 2.74 Å². The van der Waals surface area contributed by atoms with E-state index in [-0.39, 0.29) is 21.7 Å². The zero-order valence-electron chi connectivity index (χ0n) is 19.6. The Hall–Kier alpha value is -2.93. The number of anilines is 1. The first-order valence-corrected chi connectivity index (χ1v) is 11.5. The second-order valence-electron chi connectivity index (χ2n) is 8.57. The van der Waals surface area contributed by atoms with E-state index in [1.165, 1.54) is 17.9 Å². The van der Waals surface area contributed by atoms with E-state index in [9.17, 15) is 26.4 Å². The molecule has 2 aromatic rings. The van der Waals surface area contributed by atoms with Crippen LogP contribution in [0, 0.1) is 0 Å². The van der Waals surface area contributed by atoms with Crippen molar-refractivity contribution in [3.8, 4) is 0 Å². The summed E-state index contributed by atoms with van der Waals surface area (Å²) in [6.07, 6.45) is -1.02. The molecule has 13 heteroatoms. The van der Waals surface area contributed by atoms with Crippen LogP contribution >= 0.6 is 0 Å². The molecular formula is C20H21F3N6O3S. The average Bonchev–Trinajstić information content (AvgIpc) is 3.13. The number of benzene rings is 1. The Balaban J connectivity index is 1.66. The van der Waals surface area contributed by atoms with E-state index >= 15 is 0 Å². The minimum atomic E-state index is -4.75. The Bertz CT molecular complexity index is 1370. The smallest absolute Gasteiger partial charge is 0.297 e. The maximum Gasteiger partial charge on any atom is 0.411 e. The molecule has 176 valence electrons. The lowest BCUT2D eigenvalue weighted by atomic mass is 10.1. The highest BCUT2D eigenvalue weighted by Crippen LogP contribution is 2.41. The highest BCUT2D eigenvalue weighted by atomic mass is 32.2. The van der Waals surface area contributed by atoms with Gasteiger partial charge in [-0.1, -0.05) is 0 Å². The van der Waals surface area contributed by atoms with Crippen molar-refractivity contribution >= 4 is 27.6 Å². The number of guanidine groups is 1. The number of rotatable bonds is 5. The monoisotopic (exact) mass is 484 g/mol. The van der Waals surface area contributed by atoms with Gasteiger partial charge in [-0.05, 0) is 38.0 Å². The zero-order chi connectivity index (χ0) is 25.6. The van der Waals surface area contributed by atoms with Crippen LogP contribution < -0.4 is 9.62 Å². The molecule has 0 saturated heterocycles. The van der Waals surface area contributed by atoms with Crippen LogP contribution in [0.25, 0.3) is 0 Å². The van der Waals surface area contributed by atoms with Gasteiger partial charge in [0.15, 0.2) is 6.04 Å². The van der Waals surface area contributed by atoms with Crippen molar-refractivity contribution in [1.82, 2.24) is 19.4 Å². The maximum atomic E-state index is 13.9. The van der Waals surface area contributed by atoms with Crippen LogP contribution in [-0.2, 0) is 23.6 Å². The lowest BCUT2D eigenvalue weighted by Crippen LogP contribution is -2.56. The summed E-state index contributed by atoms with van der Waals surface area (Å²) in [5.41, 5.74) is -1.26. The minimum Gasteiger partial charge on any atom is -0.297 e. The second-order valence-corrected chi connectivity index (χ2v) is 10.3. The van der Waals surface area contributed by atoms with E-state index in [0.29, 0.717) is 17.7 Å². The topological polar surface area (TPSA) is 99.9 Å². The summed E-state index contributed by atoms with van der Waals surface area (Å²) in [5, 5.41) is 3.89. The fourth-order valence-corrected chi connectivity index (χ4v) is 5.32. The standard InChI is InChI=1S/C20H21F3N6O3S/c1-19(5-6-19)26-33(31,32)13-3-4-15-14(7-13)17(30)28(11-12-8-25-27(2)10-12)18-24-9-16(29(15)18)20(21,22)23/h3-4,7-8,10,16,26H,5-6,9,11H2,1-2H3/t16-/m0/s1/i11D2. The molecule has 0 radical (unpaired) electrons. The molecule has 5 rings (SSSR count). The Morgan fingerprint density at radius 3 is 2.67 bits per heavy atom. The van der Waals surface area contributed by atoms with Crippen molar-refractivity contribution in [2.75, 3.05) is 11.4 Å². The summed E-state index contributed by atoms with van der Waals surface area (Å²) in [7, 11) is -2.55. The average molecular weight is 485 g/mol. The van der Waals surface area contributed by atoms with Gasteiger partial charge in [0, 0.05) is 24.3 Å². The molecule has 1 saturated carbocycles. The molecule has 9 nitrogen and oxygen atoms in total. The summed E-state index contributed by atoms with van der Waals surface area (Å²) in [6, 6.07) is 1.10. The number of sulfonamides is 1. The number of aryl methyl sites for hydroxylation is 1. The van der Waals surface area contributed by atoms with Gasteiger partial charge in [0.2, 0.25) is 16.0 Å².